The van der Waals surface area contributed by atoms with E-state index in [1.807, 2.05) is 78.9 Å². The van der Waals surface area contributed by atoms with Crippen molar-refractivity contribution >= 4 is 35.0 Å². The Balaban J connectivity index is 1.65. The third-order valence-corrected chi connectivity index (χ3v) is 6.66. The molecule has 0 saturated heterocycles. The zero-order valence-corrected chi connectivity index (χ0v) is 22.5. The van der Waals surface area contributed by atoms with Crippen molar-refractivity contribution in [1.29, 1.82) is 0 Å². The average molecular weight is 547 g/mol. The first-order chi connectivity index (χ1) is 18.4. The fourth-order valence-electron chi connectivity index (χ4n) is 4.13. The SMILES string of the molecule is COc1ccc(CNC(=O)[C@@H](c2ccccc2)N(Cc2ccc(Cl)cc2)C(=O)Cc2ccc(Cl)cc2)cc1. The summed E-state index contributed by atoms with van der Waals surface area (Å²) in [5, 5.41) is 4.22. The van der Waals surface area contributed by atoms with E-state index in [1.54, 1.807) is 36.3 Å². The molecule has 38 heavy (non-hydrogen) atoms. The summed E-state index contributed by atoms with van der Waals surface area (Å²) in [6.45, 7) is 0.547. The Kier molecular flexibility index (Phi) is 9.41. The largest absolute Gasteiger partial charge is 0.497 e. The number of benzene rings is 4. The average Bonchev–Trinajstić information content (AvgIpc) is 2.94. The number of amides is 2. The first kappa shape index (κ1) is 27.2. The molecule has 4 aromatic carbocycles. The lowest BCUT2D eigenvalue weighted by Gasteiger charge is -2.32. The third-order valence-electron chi connectivity index (χ3n) is 6.16. The van der Waals surface area contributed by atoms with E-state index in [0.29, 0.717) is 16.6 Å². The lowest BCUT2D eigenvalue weighted by molar-refractivity contribution is -0.141. The molecule has 194 valence electrons. The molecule has 0 aliphatic carbocycles. The van der Waals surface area contributed by atoms with Gasteiger partial charge in [0.2, 0.25) is 11.8 Å². The number of halogens is 2. The molecule has 0 aromatic heterocycles. The standard InChI is InChI=1S/C31H28Cl2N2O3/c1-38-28-17-11-23(12-18-28)20-34-31(37)30(25-5-3-2-4-6-25)35(21-24-9-15-27(33)16-10-24)29(36)19-22-7-13-26(32)14-8-22/h2-18,30H,19-21H2,1H3,(H,34,37)/t30-/m1/s1. The summed E-state index contributed by atoms with van der Waals surface area (Å²) in [6, 6.07) is 30.4. The summed E-state index contributed by atoms with van der Waals surface area (Å²) < 4.78 is 5.22. The number of carbonyl (C=O) groups excluding carboxylic acids is 2. The van der Waals surface area contributed by atoms with Gasteiger partial charge in [-0.3, -0.25) is 9.59 Å². The van der Waals surface area contributed by atoms with E-state index in [0.717, 1.165) is 28.0 Å². The molecule has 0 aliphatic heterocycles. The van der Waals surface area contributed by atoms with Gasteiger partial charge in [-0.1, -0.05) is 89.9 Å². The molecular weight excluding hydrogens is 519 g/mol. The summed E-state index contributed by atoms with van der Waals surface area (Å²) in [7, 11) is 1.61. The Morgan fingerprint density at radius 2 is 1.32 bits per heavy atom. The van der Waals surface area contributed by atoms with E-state index < -0.39 is 6.04 Å². The van der Waals surface area contributed by atoms with Crippen molar-refractivity contribution in [3.63, 3.8) is 0 Å². The normalized spacial score (nSPS) is 11.4. The number of methoxy groups -OCH3 is 1. The van der Waals surface area contributed by atoms with Gasteiger partial charge in [-0.25, -0.2) is 0 Å². The maximum absolute atomic E-state index is 13.8. The fourth-order valence-corrected chi connectivity index (χ4v) is 4.38. The van der Waals surface area contributed by atoms with E-state index in [1.165, 1.54) is 0 Å². The van der Waals surface area contributed by atoms with E-state index in [4.69, 9.17) is 27.9 Å². The quantitative estimate of drug-likeness (QED) is 0.243. The monoisotopic (exact) mass is 546 g/mol. The molecule has 0 aliphatic rings. The van der Waals surface area contributed by atoms with Crippen LogP contribution < -0.4 is 10.1 Å². The molecule has 0 unspecified atom stereocenters. The predicted molar refractivity (Wildman–Crippen MR) is 151 cm³/mol. The number of ether oxygens (including phenoxy) is 1. The van der Waals surface area contributed by atoms with Crippen LogP contribution >= 0.6 is 23.2 Å². The van der Waals surface area contributed by atoms with Gasteiger partial charge >= 0.3 is 0 Å². The summed E-state index contributed by atoms with van der Waals surface area (Å²) >= 11 is 12.1. The van der Waals surface area contributed by atoms with Crippen LogP contribution in [0.5, 0.6) is 5.75 Å². The highest BCUT2D eigenvalue weighted by atomic mass is 35.5. The number of carbonyl (C=O) groups is 2. The van der Waals surface area contributed by atoms with Crippen molar-refractivity contribution in [2.75, 3.05) is 7.11 Å². The molecule has 7 heteroatoms. The molecule has 0 bridgehead atoms. The number of hydrogen-bond acceptors (Lipinski definition) is 3. The summed E-state index contributed by atoms with van der Waals surface area (Å²) in [5.41, 5.74) is 3.31. The van der Waals surface area contributed by atoms with Crippen LogP contribution in [-0.2, 0) is 29.1 Å². The first-order valence-corrected chi connectivity index (χ1v) is 12.9. The highest BCUT2D eigenvalue weighted by molar-refractivity contribution is 6.30. The molecule has 0 spiro atoms. The van der Waals surface area contributed by atoms with Crippen LogP contribution in [0.15, 0.2) is 103 Å². The fraction of sp³-hybridized carbons (Fsp3) is 0.161. The Hall–Kier alpha value is -3.80. The Morgan fingerprint density at radius 1 is 0.763 bits per heavy atom. The Bertz CT molecular complexity index is 1340. The summed E-state index contributed by atoms with van der Waals surface area (Å²) in [6.07, 6.45) is 0.125. The molecule has 1 N–H and O–H groups in total. The van der Waals surface area contributed by atoms with E-state index in [-0.39, 0.29) is 24.8 Å². The van der Waals surface area contributed by atoms with Crippen LogP contribution in [0.3, 0.4) is 0 Å². The molecule has 5 nitrogen and oxygen atoms in total. The molecule has 0 heterocycles. The van der Waals surface area contributed by atoms with E-state index >= 15 is 0 Å². The van der Waals surface area contributed by atoms with Crippen molar-refractivity contribution in [1.82, 2.24) is 10.2 Å². The smallest absolute Gasteiger partial charge is 0.247 e. The lowest BCUT2D eigenvalue weighted by Crippen LogP contribution is -2.43. The van der Waals surface area contributed by atoms with E-state index in [2.05, 4.69) is 5.32 Å². The first-order valence-electron chi connectivity index (χ1n) is 12.2. The zero-order chi connectivity index (χ0) is 26.9. The molecule has 0 saturated carbocycles. The Labute approximate surface area is 233 Å². The second kappa shape index (κ2) is 13.1. The van der Waals surface area contributed by atoms with Gasteiger partial charge in [0.25, 0.3) is 0 Å². The van der Waals surface area contributed by atoms with Crippen LogP contribution in [0.2, 0.25) is 10.0 Å². The highest BCUT2D eigenvalue weighted by Gasteiger charge is 2.31. The minimum atomic E-state index is -0.843. The van der Waals surface area contributed by atoms with Crippen LogP contribution in [-0.4, -0.2) is 23.8 Å². The molecule has 2 amide bonds. The van der Waals surface area contributed by atoms with Gasteiger partial charge in [-0.05, 0) is 58.7 Å². The highest BCUT2D eigenvalue weighted by Crippen LogP contribution is 2.26. The maximum atomic E-state index is 13.8. The molecular formula is C31H28Cl2N2O3. The molecule has 0 fully saturated rings. The lowest BCUT2D eigenvalue weighted by atomic mass is 10.0. The third kappa shape index (κ3) is 7.37. The van der Waals surface area contributed by atoms with Gasteiger partial charge in [-0.15, -0.1) is 0 Å². The number of rotatable bonds is 10. The molecule has 0 radical (unpaired) electrons. The second-order valence-corrected chi connectivity index (χ2v) is 9.70. The van der Waals surface area contributed by atoms with Gasteiger partial charge in [0.05, 0.1) is 13.5 Å². The number of nitrogens with zero attached hydrogens (tertiary/aromatic N) is 1. The molecule has 4 rings (SSSR count). The topological polar surface area (TPSA) is 58.6 Å². The minimum absolute atomic E-state index is 0.125. The number of hydrogen-bond donors (Lipinski definition) is 1. The summed E-state index contributed by atoms with van der Waals surface area (Å²) in [4.78, 5) is 29.2. The zero-order valence-electron chi connectivity index (χ0n) is 20.9. The minimum Gasteiger partial charge on any atom is -0.497 e. The van der Waals surface area contributed by atoms with Crippen LogP contribution in [0, 0.1) is 0 Å². The Morgan fingerprint density at radius 3 is 1.89 bits per heavy atom. The number of nitrogens with one attached hydrogen (secondary N) is 1. The predicted octanol–water partition coefficient (Wildman–Crippen LogP) is 6.63. The van der Waals surface area contributed by atoms with Crippen molar-refractivity contribution < 1.29 is 14.3 Å². The second-order valence-electron chi connectivity index (χ2n) is 8.83. The van der Waals surface area contributed by atoms with Crippen molar-refractivity contribution in [2.24, 2.45) is 0 Å². The van der Waals surface area contributed by atoms with Gasteiger partial charge in [0, 0.05) is 23.1 Å². The van der Waals surface area contributed by atoms with Gasteiger partial charge in [0.15, 0.2) is 0 Å². The molecule has 1 atom stereocenters. The van der Waals surface area contributed by atoms with Crippen LogP contribution in [0.25, 0.3) is 0 Å². The van der Waals surface area contributed by atoms with Gasteiger partial charge in [0.1, 0.15) is 11.8 Å². The maximum Gasteiger partial charge on any atom is 0.247 e. The van der Waals surface area contributed by atoms with Crippen molar-refractivity contribution in [3.05, 3.63) is 135 Å². The van der Waals surface area contributed by atoms with Gasteiger partial charge in [-0.2, -0.15) is 0 Å². The van der Waals surface area contributed by atoms with Crippen LogP contribution in [0.1, 0.15) is 28.3 Å². The molecule has 4 aromatic rings. The van der Waals surface area contributed by atoms with Gasteiger partial charge < -0.3 is 15.0 Å². The van der Waals surface area contributed by atoms with E-state index in [9.17, 15) is 9.59 Å². The van der Waals surface area contributed by atoms with Crippen molar-refractivity contribution in [3.8, 4) is 5.75 Å². The van der Waals surface area contributed by atoms with Crippen molar-refractivity contribution in [2.45, 2.75) is 25.6 Å². The van der Waals surface area contributed by atoms with Crippen LogP contribution in [0.4, 0.5) is 0 Å². The summed E-state index contributed by atoms with van der Waals surface area (Å²) in [5.74, 6) is 0.283.